The summed E-state index contributed by atoms with van der Waals surface area (Å²) in [5.74, 6) is 0.311. The number of likely N-dealkylation sites (tertiary alicyclic amines) is 1. The zero-order valence-electron chi connectivity index (χ0n) is 16.0. The maximum Gasteiger partial charge on any atom is 0.407 e. The molecule has 2 aromatic rings. The van der Waals surface area contributed by atoms with Crippen LogP contribution in [0.2, 0.25) is 0 Å². The lowest BCUT2D eigenvalue weighted by atomic mass is 10.0. The maximum absolute atomic E-state index is 13.1. The van der Waals surface area contributed by atoms with Crippen molar-refractivity contribution in [3.63, 3.8) is 0 Å². The second kappa shape index (κ2) is 8.17. The number of imidazole rings is 1. The number of aromatic amines is 1. The first-order valence-electron chi connectivity index (χ1n) is 9.10. The topological polar surface area (TPSA) is 121 Å². The summed E-state index contributed by atoms with van der Waals surface area (Å²) < 4.78 is 27.0. The Morgan fingerprint density at radius 1 is 1.36 bits per heavy atom. The quantitative estimate of drug-likeness (QED) is 0.646. The molecule has 0 aliphatic carbocycles. The van der Waals surface area contributed by atoms with Gasteiger partial charge in [0.1, 0.15) is 11.9 Å². The van der Waals surface area contributed by atoms with Gasteiger partial charge < -0.3 is 19.9 Å². The number of alkyl carbamates (subject to hydrolysis) is 1. The highest BCUT2D eigenvalue weighted by Crippen LogP contribution is 2.32. The number of hydrogen-bond donors (Lipinski definition) is 3. The van der Waals surface area contributed by atoms with E-state index in [4.69, 9.17) is 0 Å². The number of carbonyl (C=O) groups excluding carboxylic acids is 2. The van der Waals surface area contributed by atoms with Crippen molar-refractivity contribution in [3.8, 4) is 0 Å². The highest BCUT2D eigenvalue weighted by Gasteiger charge is 2.37. The van der Waals surface area contributed by atoms with Crippen LogP contribution in [0.25, 0.3) is 11.0 Å². The Balaban J connectivity index is 1.88. The van der Waals surface area contributed by atoms with Crippen LogP contribution in [0, 0.1) is 5.92 Å². The average molecular weight is 408 g/mol. The van der Waals surface area contributed by atoms with Crippen molar-refractivity contribution in [1.82, 2.24) is 20.2 Å². The van der Waals surface area contributed by atoms with Gasteiger partial charge in [0.15, 0.2) is 10.7 Å². The molecule has 3 rings (SSSR count). The minimum Gasteiger partial charge on any atom is -0.453 e. The fourth-order valence-corrected chi connectivity index (χ4v) is 3.91. The Morgan fingerprint density at radius 2 is 2.11 bits per heavy atom. The zero-order chi connectivity index (χ0) is 20.4. The molecule has 9 nitrogen and oxygen atoms in total. The number of rotatable bonds is 5. The van der Waals surface area contributed by atoms with E-state index >= 15 is 0 Å². The van der Waals surface area contributed by atoms with Crippen molar-refractivity contribution in [3.05, 3.63) is 24.0 Å². The molecule has 0 radical (unpaired) electrons. The first kappa shape index (κ1) is 20.1. The Morgan fingerprint density at radius 3 is 2.75 bits per heavy atom. The van der Waals surface area contributed by atoms with Gasteiger partial charge in [-0.15, -0.1) is 0 Å². The van der Waals surface area contributed by atoms with Gasteiger partial charge in [0.25, 0.3) is 0 Å². The maximum atomic E-state index is 13.1. The van der Waals surface area contributed by atoms with E-state index in [1.165, 1.54) is 19.2 Å². The molecule has 1 fully saturated rings. The van der Waals surface area contributed by atoms with Crippen molar-refractivity contribution in [2.45, 2.75) is 43.7 Å². The molecular weight excluding hydrogens is 384 g/mol. The van der Waals surface area contributed by atoms with Crippen LogP contribution in [-0.4, -0.2) is 55.0 Å². The SMILES string of the molecule is COC(=O)N[C@H](C(=O)N1CCCC1c1nc2ccc([SH](=O)=O)cc2[nH]1)C(C)C. The summed E-state index contributed by atoms with van der Waals surface area (Å²) in [5, 5.41) is 2.61. The molecule has 1 unspecified atom stereocenters. The lowest BCUT2D eigenvalue weighted by Crippen LogP contribution is -2.51. The Labute approximate surface area is 164 Å². The van der Waals surface area contributed by atoms with Crippen LogP contribution >= 0.6 is 0 Å². The Hall–Kier alpha value is -2.62. The van der Waals surface area contributed by atoms with Crippen molar-refractivity contribution < 1.29 is 22.7 Å². The molecule has 1 aliphatic rings. The van der Waals surface area contributed by atoms with Crippen molar-refractivity contribution >= 4 is 33.7 Å². The van der Waals surface area contributed by atoms with Gasteiger partial charge in [-0.3, -0.25) is 4.79 Å². The van der Waals surface area contributed by atoms with Crippen LogP contribution in [0.15, 0.2) is 23.1 Å². The molecule has 1 aromatic heterocycles. The lowest BCUT2D eigenvalue weighted by molar-refractivity contribution is -0.135. The van der Waals surface area contributed by atoms with Gasteiger partial charge in [-0.2, -0.15) is 0 Å². The third kappa shape index (κ3) is 3.96. The molecule has 1 saturated heterocycles. The van der Waals surface area contributed by atoms with E-state index in [-0.39, 0.29) is 22.8 Å². The second-order valence-electron chi connectivity index (χ2n) is 7.13. The molecule has 28 heavy (non-hydrogen) atoms. The molecular formula is C18H24N4O5S. The number of nitrogens with one attached hydrogen (secondary N) is 2. The first-order chi connectivity index (χ1) is 13.3. The number of amides is 2. The highest BCUT2D eigenvalue weighted by atomic mass is 32.2. The Kier molecular flexibility index (Phi) is 5.87. The molecule has 1 aromatic carbocycles. The highest BCUT2D eigenvalue weighted by molar-refractivity contribution is 7.72. The number of carbonyl (C=O) groups is 2. The van der Waals surface area contributed by atoms with E-state index in [1.807, 2.05) is 13.8 Å². The lowest BCUT2D eigenvalue weighted by Gasteiger charge is -2.29. The number of methoxy groups -OCH3 is 1. The fraction of sp³-hybridized carbons (Fsp3) is 0.500. The van der Waals surface area contributed by atoms with E-state index in [1.54, 1.807) is 11.0 Å². The van der Waals surface area contributed by atoms with Crippen LogP contribution < -0.4 is 5.32 Å². The average Bonchev–Trinajstić information content (AvgIpc) is 3.30. The van der Waals surface area contributed by atoms with Gasteiger partial charge in [-0.05, 0) is 37.0 Å². The molecule has 0 saturated carbocycles. The normalized spacial score (nSPS) is 18.0. The van der Waals surface area contributed by atoms with E-state index in [9.17, 15) is 18.0 Å². The van der Waals surface area contributed by atoms with Crippen LogP contribution in [0.4, 0.5) is 4.79 Å². The van der Waals surface area contributed by atoms with E-state index in [2.05, 4.69) is 20.0 Å². The standard InChI is InChI=1S/C18H24N4O5S/c1-10(2)15(21-18(24)27-3)17(23)22-8-4-5-14(22)16-19-12-7-6-11(28(25)26)9-13(12)20-16/h6-7,9-10,14-15,28H,4-5,8H2,1-3H3,(H,19,20)(H,21,24)/t14?,15-/m0/s1. The molecule has 2 atom stereocenters. The van der Waals surface area contributed by atoms with Crippen molar-refractivity contribution in [1.29, 1.82) is 0 Å². The van der Waals surface area contributed by atoms with Crippen LogP contribution in [0.1, 0.15) is 38.6 Å². The molecule has 10 heteroatoms. The van der Waals surface area contributed by atoms with Gasteiger partial charge in [0.05, 0.1) is 29.1 Å². The number of benzene rings is 1. The third-order valence-corrected chi connectivity index (χ3v) is 5.64. The summed E-state index contributed by atoms with van der Waals surface area (Å²) in [6.07, 6.45) is 0.900. The molecule has 2 amide bonds. The first-order valence-corrected chi connectivity index (χ1v) is 10.3. The predicted molar refractivity (Wildman–Crippen MR) is 103 cm³/mol. The molecule has 1 aliphatic heterocycles. The molecule has 2 N–H and O–H groups in total. The largest absolute Gasteiger partial charge is 0.453 e. The number of ether oxygens (including phenoxy) is 1. The van der Waals surface area contributed by atoms with Crippen LogP contribution in [0.5, 0.6) is 0 Å². The summed E-state index contributed by atoms with van der Waals surface area (Å²) in [6.45, 7) is 4.27. The Bertz CT molecular complexity index is 960. The van der Waals surface area contributed by atoms with E-state index in [0.29, 0.717) is 23.4 Å². The third-order valence-electron chi connectivity index (χ3n) is 4.94. The molecule has 0 bridgehead atoms. The number of H-pyrrole nitrogens is 1. The number of fused-ring (bicyclic) bond motifs is 1. The van der Waals surface area contributed by atoms with Crippen LogP contribution in [-0.2, 0) is 20.2 Å². The van der Waals surface area contributed by atoms with Crippen LogP contribution in [0.3, 0.4) is 0 Å². The van der Waals surface area contributed by atoms with Gasteiger partial charge in [-0.1, -0.05) is 13.8 Å². The van der Waals surface area contributed by atoms with Gasteiger partial charge in [0, 0.05) is 6.54 Å². The number of aromatic nitrogens is 2. The van der Waals surface area contributed by atoms with E-state index in [0.717, 1.165) is 12.8 Å². The predicted octanol–water partition coefficient (Wildman–Crippen LogP) is 1.58. The molecule has 0 spiro atoms. The smallest absolute Gasteiger partial charge is 0.407 e. The van der Waals surface area contributed by atoms with E-state index < -0.39 is 22.8 Å². The molecule has 2 heterocycles. The number of thiol groups is 1. The zero-order valence-corrected chi connectivity index (χ0v) is 16.9. The van der Waals surface area contributed by atoms with Gasteiger partial charge in [0.2, 0.25) is 5.91 Å². The van der Waals surface area contributed by atoms with Gasteiger partial charge >= 0.3 is 6.09 Å². The summed E-state index contributed by atoms with van der Waals surface area (Å²) >= 11 is 0. The monoisotopic (exact) mass is 408 g/mol. The summed E-state index contributed by atoms with van der Waals surface area (Å²) in [6, 6.07) is 3.73. The summed E-state index contributed by atoms with van der Waals surface area (Å²) in [5.41, 5.74) is 1.25. The fourth-order valence-electron chi connectivity index (χ4n) is 3.48. The van der Waals surface area contributed by atoms with Crippen molar-refractivity contribution in [2.24, 2.45) is 5.92 Å². The number of nitrogens with zero attached hydrogens (tertiary/aromatic N) is 2. The molecule has 152 valence electrons. The van der Waals surface area contributed by atoms with Crippen molar-refractivity contribution in [2.75, 3.05) is 13.7 Å². The number of hydrogen-bond acceptors (Lipinski definition) is 6. The second-order valence-corrected chi connectivity index (χ2v) is 8.16. The summed E-state index contributed by atoms with van der Waals surface area (Å²) in [7, 11) is -1.42. The summed E-state index contributed by atoms with van der Waals surface area (Å²) in [4.78, 5) is 34.4. The minimum absolute atomic E-state index is 0.112. The van der Waals surface area contributed by atoms with Gasteiger partial charge in [-0.25, -0.2) is 18.2 Å². The minimum atomic E-state index is -2.68.